The van der Waals surface area contributed by atoms with Crippen LogP contribution in [0.2, 0.25) is 0 Å². The summed E-state index contributed by atoms with van der Waals surface area (Å²) in [5.41, 5.74) is 1.80. The average molecular weight is 508 g/mol. The second-order valence-corrected chi connectivity index (χ2v) is 11.1. The number of benzene rings is 2. The fourth-order valence-electron chi connectivity index (χ4n) is 3.80. The SMILES string of the molecule is CS(=O)(=O)C1=NN2C(=N)/C(=C/c3cn(CCCOc4ccccc4)c4ccccc34)C(=O)N=C2S1. The van der Waals surface area contributed by atoms with Crippen LogP contribution >= 0.6 is 11.8 Å². The fraction of sp³-hybridized carbons (Fsp3) is 0.167. The largest absolute Gasteiger partial charge is 0.494 e. The molecule has 11 heteroatoms. The minimum Gasteiger partial charge on any atom is -0.494 e. The van der Waals surface area contributed by atoms with E-state index in [1.807, 2.05) is 60.8 Å². The number of sulfone groups is 1. The number of rotatable bonds is 6. The van der Waals surface area contributed by atoms with E-state index in [0.29, 0.717) is 13.2 Å². The molecule has 178 valence electrons. The van der Waals surface area contributed by atoms with Gasteiger partial charge in [0.25, 0.3) is 5.91 Å². The number of nitrogens with one attached hydrogen (secondary N) is 1. The van der Waals surface area contributed by atoms with Gasteiger partial charge in [0, 0.05) is 35.5 Å². The zero-order chi connectivity index (χ0) is 24.6. The lowest BCUT2D eigenvalue weighted by Crippen LogP contribution is -2.35. The maximum atomic E-state index is 12.7. The van der Waals surface area contributed by atoms with Gasteiger partial charge in [0.15, 0.2) is 5.84 Å². The van der Waals surface area contributed by atoms with E-state index in [4.69, 9.17) is 10.1 Å². The maximum Gasteiger partial charge on any atom is 0.283 e. The Balaban J connectivity index is 1.40. The van der Waals surface area contributed by atoms with Crippen molar-refractivity contribution in [3.8, 4) is 5.75 Å². The Hall–Kier alpha value is -3.70. The summed E-state index contributed by atoms with van der Waals surface area (Å²) >= 11 is 0.767. The third-order valence-corrected chi connectivity index (χ3v) is 8.01. The molecule has 0 atom stereocenters. The number of amidine groups is 2. The number of fused-ring (bicyclic) bond motifs is 2. The Bertz CT molecular complexity index is 1540. The first kappa shape index (κ1) is 23.1. The molecule has 0 fully saturated rings. The number of aromatic nitrogens is 1. The molecule has 0 saturated carbocycles. The summed E-state index contributed by atoms with van der Waals surface area (Å²) in [6.45, 7) is 1.26. The van der Waals surface area contributed by atoms with Crippen molar-refractivity contribution in [1.29, 1.82) is 5.41 Å². The highest BCUT2D eigenvalue weighted by Crippen LogP contribution is 2.31. The molecule has 1 N–H and O–H groups in total. The average Bonchev–Trinajstić information content (AvgIpc) is 3.42. The summed E-state index contributed by atoms with van der Waals surface area (Å²) in [6.07, 6.45) is 5.35. The van der Waals surface area contributed by atoms with Crippen molar-refractivity contribution in [2.75, 3.05) is 12.9 Å². The number of para-hydroxylation sites is 2. The van der Waals surface area contributed by atoms with Crippen LogP contribution in [0.3, 0.4) is 0 Å². The molecule has 0 bridgehead atoms. The molecule has 3 aromatic rings. The number of amides is 1. The number of aliphatic imine (C=N–C) groups is 1. The van der Waals surface area contributed by atoms with Crippen LogP contribution < -0.4 is 4.74 Å². The molecular formula is C24H21N5O4S2. The number of aryl methyl sites for hydroxylation is 1. The number of ether oxygens (including phenoxy) is 1. The van der Waals surface area contributed by atoms with Crippen molar-refractivity contribution in [1.82, 2.24) is 9.58 Å². The van der Waals surface area contributed by atoms with Crippen LogP contribution in [-0.4, -0.2) is 52.1 Å². The molecule has 2 aliphatic rings. The summed E-state index contributed by atoms with van der Waals surface area (Å²) in [5.74, 6) is 0.0114. The second-order valence-electron chi connectivity index (χ2n) is 7.97. The van der Waals surface area contributed by atoms with E-state index in [2.05, 4.69) is 14.7 Å². The van der Waals surface area contributed by atoms with Crippen LogP contribution in [0.1, 0.15) is 12.0 Å². The van der Waals surface area contributed by atoms with Gasteiger partial charge in [-0.15, -0.1) is 5.10 Å². The number of hydrogen-bond donors (Lipinski definition) is 1. The molecule has 1 amide bonds. The molecule has 3 heterocycles. The fourth-order valence-corrected chi connectivity index (χ4v) is 5.48. The van der Waals surface area contributed by atoms with E-state index in [9.17, 15) is 13.2 Å². The summed E-state index contributed by atoms with van der Waals surface area (Å²) in [4.78, 5) is 16.7. The molecule has 0 aliphatic carbocycles. The number of carbonyl (C=O) groups excluding carboxylic acids is 1. The molecule has 0 saturated heterocycles. The topological polar surface area (TPSA) is 117 Å². The Kier molecular flexibility index (Phi) is 6.03. The van der Waals surface area contributed by atoms with E-state index in [1.165, 1.54) is 0 Å². The Morgan fingerprint density at radius 2 is 1.86 bits per heavy atom. The van der Waals surface area contributed by atoms with Gasteiger partial charge in [0.1, 0.15) is 5.75 Å². The van der Waals surface area contributed by atoms with Gasteiger partial charge in [-0.25, -0.2) is 8.42 Å². The number of hydrazone groups is 1. The minimum absolute atomic E-state index is 0.0446. The molecule has 0 unspecified atom stereocenters. The van der Waals surface area contributed by atoms with Crippen molar-refractivity contribution < 1.29 is 17.9 Å². The highest BCUT2D eigenvalue weighted by Gasteiger charge is 2.38. The van der Waals surface area contributed by atoms with E-state index in [-0.39, 0.29) is 21.0 Å². The molecule has 1 aromatic heterocycles. The van der Waals surface area contributed by atoms with E-state index >= 15 is 0 Å². The molecule has 2 aliphatic heterocycles. The maximum absolute atomic E-state index is 12.7. The normalized spacial score (nSPS) is 17.1. The van der Waals surface area contributed by atoms with E-state index in [1.54, 1.807) is 6.08 Å². The van der Waals surface area contributed by atoms with Crippen LogP contribution in [0, 0.1) is 5.41 Å². The zero-order valence-corrected chi connectivity index (χ0v) is 20.3. The molecule has 9 nitrogen and oxygen atoms in total. The lowest BCUT2D eigenvalue weighted by molar-refractivity contribution is -0.114. The first-order valence-electron chi connectivity index (χ1n) is 10.8. The van der Waals surface area contributed by atoms with Gasteiger partial charge in [-0.3, -0.25) is 10.2 Å². The summed E-state index contributed by atoms with van der Waals surface area (Å²) in [6, 6.07) is 17.5. The summed E-state index contributed by atoms with van der Waals surface area (Å²) < 4.78 is 31.4. The molecule has 0 radical (unpaired) electrons. The van der Waals surface area contributed by atoms with Gasteiger partial charge >= 0.3 is 0 Å². The van der Waals surface area contributed by atoms with Crippen molar-refractivity contribution in [2.24, 2.45) is 10.1 Å². The molecule has 0 spiro atoms. The van der Waals surface area contributed by atoms with Gasteiger partial charge in [0.05, 0.1) is 12.2 Å². The van der Waals surface area contributed by atoms with Crippen LogP contribution in [0.25, 0.3) is 17.0 Å². The van der Waals surface area contributed by atoms with Crippen molar-refractivity contribution in [3.63, 3.8) is 0 Å². The van der Waals surface area contributed by atoms with Crippen LogP contribution in [-0.2, 0) is 21.2 Å². The lowest BCUT2D eigenvalue weighted by Gasteiger charge is -2.19. The summed E-state index contributed by atoms with van der Waals surface area (Å²) in [7, 11) is -3.58. The standard InChI is InChI=1S/C24H21N5O4S2/c1-35(31,32)24-27-29-21(25)19(22(30)26-23(29)34-24)14-16-15-28(20-11-6-5-10-18(16)20)12-7-13-33-17-8-3-2-4-9-17/h2-6,8-11,14-15,25H,7,12-13H2,1H3/b19-14-,25-21?. The number of hydrogen-bond acceptors (Lipinski definition) is 7. The molecule has 5 rings (SSSR count). The van der Waals surface area contributed by atoms with Crippen molar-refractivity contribution in [2.45, 2.75) is 13.0 Å². The van der Waals surface area contributed by atoms with Gasteiger partial charge < -0.3 is 9.30 Å². The van der Waals surface area contributed by atoms with E-state index in [0.717, 1.165) is 51.7 Å². The van der Waals surface area contributed by atoms with Crippen molar-refractivity contribution in [3.05, 3.63) is 71.9 Å². The summed E-state index contributed by atoms with van der Waals surface area (Å²) in [5, 5.41) is 14.6. The number of nitrogens with zero attached hydrogens (tertiary/aromatic N) is 4. The molecule has 2 aromatic carbocycles. The zero-order valence-electron chi connectivity index (χ0n) is 18.7. The first-order chi connectivity index (χ1) is 16.8. The van der Waals surface area contributed by atoms with Gasteiger partial charge in [0.2, 0.25) is 19.4 Å². The first-order valence-corrected chi connectivity index (χ1v) is 13.5. The third kappa shape index (κ3) is 4.64. The lowest BCUT2D eigenvalue weighted by atomic mass is 10.1. The van der Waals surface area contributed by atoms with Crippen LogP contribution in [0.15, 0.2) is 76.5 Å². The highest BCUT2D eigenvalue weighted by atomic mass is 32.3. The van der Waals surface area contributed by atoms with Gasteiger partial charge in [-0.1, -0.05) is 36.4 Å². The predicted octanol–water partition coefficient (Wildman–Crippen LogP) is 3.73. The van der Waals surface area contributed by atoms with Crippen molar-refractivity contribution >= 4 is 59.9 Å². The van der Waals surface area contributed by atoms with Crippen LogP contribution in [0.5, 0.6) is 5.75 Å². The van der Waals surface area contributed by atoms with Gasteiger partial charge in [-0.2, -0.15) is 10.0 Å². The van der Waals surface area contributed by atoms with Crippen LogP contribution in [0.4, 0.5) is 0 Å². The Morgan fingerprint density at radius 1 is 1.11 bits per heavy atom. The monoisotopic (exact) mass is 507 g/mol. The predicted molar refractivity (Wildman–Crippen MR) is 138 cm³/mol. The molecule has 35 heavy (non-hydrogen) atoms. The Labute approximate surface area is 206 Å². The quantitative estimate of drug-likeness (QED) is 0.401. The highest BCUT2D eigenvalue weighted by molar-refractivity contribution is 8.42. The Morgan fingerprint density at radius 3 is 2.63 bits per heavy atom. The third-order valence-electron chi connectivity index (χ3n) is 5.43. The minimum atomic E-state index is -3.58. The second kappa shape index (κ2) is 9.16. The number of carbonyl (C=O) groups is 1. The van der Waals surface area contributed by atoms with Gasteiger partial charge in [-0.05, 0) is 42.5 Å². The van der Waals surface area contributed by atoms with E-state index < -0.39 is 15.7 Å². The molecular weight excluding hydrogens is 486 g/mol. The number of thioether (sulfide) groups is 1. The smallest absolute Gasteiger partial charge is 0.283 e.